The number of halogens is 1. The molecule has 2 heterocycles. The Kier molecular flexibility index (Phi) is 4.58. The Morgan fingerprint density at radius 1 is 1.15 bits per heavy atom. The second kappa shape index (κ2) is 7.04. The van der Waals surface area contributed by atoms with Gasteiger partial charge in [-0.3, -0.25) is 9.59 Å². The summed E-state index contributed by atoms with van der Waals surface area (Å²) in [5.41, 5.74) is 3.32. The van der Waals surface area contributed by atoms with Gasteiger partial charge in [0.1, 0.15) is 6.54 Å². The van der Waals surface area contributed by atoms with E-state index in [0.717, 1.165) is 16.6 Å². The quantitative estimate of drug-likeness (QED) is 0.699. The standard InChI is InChI=1S/C20H19ClN4O2/c1-23-13-22-17-10-15(4-7-18(17)23)20(27)25-9-8-24(19(26)12-25)11-14-2-5-16(21)6-3-14/h2-7,10,13H,8-9,11-12H2,1H3. The van der Waals surface area contributed by atoms with E-state index in [2.05, 4.69) is 4.98 Å². The monoisotopic (exact) mass is 382 g/mol. The highest BCUT2D eigenvalue weighted by atomic mass is 35.5. The van der Waals surface area contributed by atoms with Crippen LogP contribution in [0.25, 0.3) is 11.0 Å². The normalized spacial score (nSPS) is 14.8. The van der Waals surface area contributed by atoms with Crippen molar-refractivity contribution < 1.29 is 9.59 Å². The van der Waals surface area contributed by atoms with Gasteiger partial charge in [-0.05, 0) is 35.9 Å². The minimum absolute atomic E-state index is 0.0523. The minimum Gasteiger partial charge on any atom is -0.335 e. The van der Waals surface area contributed by atoms with Gasteiger partial charge in [0.05, 0.1) is 17.4 Å². The number of hydrogen-bond donors (Lipinski definition) is 0. The molecule has 2 aromatic carbocycles. The number of aryl methyl sites for hydroxylation is 1. The van der Waals surface area contributed by atoms with E-state index in [0.29, 0.717) is 30.2 Å². The van der Waals surface area contributed by atoms with Gasteiger partial charge >= 0.3 is 0 Å². The molecule has 27 heavy (non-hydrogen) atoms. The first-order valence-electron chi connectivity index (χ1n) is 8.74. The van der Waals surface area contributed by atoms with Crippen molar-refractivity contribution in [3.63, 3.8) is 0 Å². The molecule has 6 nitrogen and oxygen atoms in total. The second-order valence-electron chi connectivity index (χ2n) is 6.73. The molecular weight excluding hydrogens is 364 g/mol. The first-order valence-corrected chi connectivity index (χ1v) is 9.11. The maximum atomic E-state index is 12.8. The van der Waals surface area contributed by atoms with Crippen LogP contribution in [0.3, 0.4) is 0 Å². The molecule has 1 saturated heterocycles. The van der Waals surface area contributed by atoms with Crippen LogP contribution in [-0.2, 0) is 18.4 Å². The van der Waals surface area contributed by atoms with Crippen LogP contribution < -0.4 is 0 Å². The molecule has 1 aromatic heterocycles. The molecule has 0 atom stereocenters. The third-order valence-corrected chi connectivity index (χ3v) is 5.12. The van der Waals surface area contributed by atoms with Gasteiger partial charge in [0, 0.05) is 37.3 Å². The molecule has 0 unspecified atom stereocenters. The first-order chi connectivity index (χ1) is 13.0. The van der Waals surface area contributed by atoms with Gasteiger partial charge < -0.3 is 14.4 Å². The lowest BCUT2D eigenvalue weighted by Crippen LogP contribution is -2.51. The fourth-order valence-electron chi connectivity index (χ4n) is 3.31. The predicted octanol–water partition coefficient (Wildman–Crippen LogP) is 2.71. The summed E-state index contributed by atoms with van der Waals surface area (Å²) in [7, 11) is 1.91. The van der Waals surface area contributed by atoms with Crippen LogP contribution in [0.4, 0.5) is 0 Å². The number of nitrogens with zero attached hydrogens (tertiary/aromatic N) is 4. The van der Waals surface area contributed by atoms with Gasteiger partial charge in [0.25, 0.3) is 5.91 Å². The SMILES string of the molecule is Cn1cnc2cc(C(=O)N3CCN(Cc4ccc(Cl)cc4)C(=O)C3)ccc21. The van der Waals surface area contributed by atoms with Gasteiger partial charge in [-0.1, -0.05) is 23.7 Å². The topological polar surface area (TPSA) is 58.4 Å². The number of fused-ring (bicyclic) bond motifs is 1. The summed E-state index contributed by atoms with van der Waals surface area (Å²) in [6, 6.07) is 12.9. The van der Waals surface area contributed by atoms with Crippen LogP contribution in [0.2, 0.25) is 5.02 Å². The minimum atomic E-state index is -0.137. The number of piperazine rings is 1. The van der Waals surface area contributed by atoms with Crippen molar-refractivity contribution in [1.29, 1.82) is 0 Å². The summed E-state index contributed by atoms with van der Waals surface area (Å²) in [5, 5.41) is 0.672. The molecule has 3 aromatic rings. The summed E-state index contributed by atoms with van der Waals surface area (Å²) < 4.78 is 1.91. The molecular formula is C20H19ClN4O2. The molecule has 2 amide bonds. The van der Waals surface area contributed by atoms with Crippen LogP contribution in [-0.4, -0.2) is 50.8 Å². The number of hydrogen-bond acceptors (Lipinski definition) is 3. The van der Waals surface area contributed by atoms with Crippen LogP contribution in [0, 0.1) is 0 Å². The average molecular weight is 383 g/mol. The van der Waals surface area contributed by atoms with Crippen molar-refractivity contribution >= 4 is 34.4 Å². The molecule has 1 aliphatic rings. The molecule has 0 bridgehead atoms. The fourth-order valence-corrected chi connectivity index (χ4v) is 3.44. The van der Waals surface area contributed by atoms with Crippen molar-refractivity contribution in [2.45, 2.75) is 6.54 Å². The second-order valence-corrected chi connectivity index (χ2v) is 7.16. The van der Waals surface area contributed by atoms with Gasteiger partial charge in [0.15, 0.2) is 0 Å². The third-order valence-electron chi connectivity index (χ3n) is 4.86. The van der Waals surface area contributed by atoms with Gasteiger partial charge in [-0.2, -0.15) is 0 Å². The van der Waals surface area contributed by atoms with E-state index < -0.39 is 0 Å². The Morgan fingerprint density at radius 3 is 2.67 bits per heavy atom. The van der Waals surface area contributed by atoms with Crippen molar-refractivity contribution in [2.24, 2.45) is 7.05 Å². The third kappa shape index (κ3) is 3.53. The predicted molar refractivity (Wildman–Crippen MR) is 103 cm³/mol. The van der Waals surface area contributed by atoms with Crippen molar-refractivity contribution in [2.75, 3.05) is 19.6 Å². The lowest BCUT2D eigenvalue weighted by atomic mass is 10.1. The van der Waals surface area contributed by atoms with Crippen LogP contribution >= 0.6 is 11.6 Å². The van der Waals surface area contributed by atoms with Crippen molar-refractivity contribution in [3.8, 4) is 0 Å². The molecule has 138 valence electrons. The zero-order valence-electron chi connectivity index (χ0n) is 14.9. The number of amides is 2. The average Bonchev–Trinajstić information content (AvgIpc) is 3.05. The highest BCUT2D eigenvalue weighted by Gasteiger charge is 2.28. The Labute approximate surface area is 162 Å². The van der Waals surface area contributed by atoms with Crippen molar-refractivity contribution in [3.05, 3.63) is 64.9 Å². The molecule has 1 fully saturated rings. The van der Waals surface area contributed by atoms with Crippen LogP contribution in [0.5, 0.6) is 0 Å². The molecule has 0 saturated carbocycles. The summed E-state index contributed by atoms with van der Waals surface area (Å²) in [6.07, 6.45) is 1.72. The smallest absolute Gasteiger partial charge is 0.254 e. The van der Waals surface area contributed by atoms with E-state index >= 15 is 0 Å². The number of rotatable bonds is 3. The Morgan fingerprint density at radius 2 is 1.93 bits per heavy atom. The van der Waals surface area contributed by atoms with Crippen LogP contribution in [0.15, 0.2) is 48.8 Å². The fraction of sp³-hybridized carbons (Fsp3) is 0.250. The maximum Gasteiger partial charge on any atom is 0.254 e. The zero-order valence-corrected chi connectivity index (χ0v) is 15.7. The highest BCUT2D eigenvalue weighted by Crippen LogP contribution is 2.18. The molecule has 0 radical (unpaired) electrons. The Balaban J connectivity index is 1.44. The van der Waals surface area contributed by atoms with Crippen LogP contribution in [0.1, 0.15) is 15.9 Å². The number of aromatic nitrogens is 2. The maximum absolute atomic E-state index is 12.8. The molecule has 1 aliphatic heterocycles. The summed E-state index contributed by atoms with van der Waals surface area (Å²) in [5.74, 6) is -0.189. The lowest BCUT2D eigenvalue weighted by Gasteiger charge is -2.34. The summed E-state index contributed by atoms with van der Waals surface area (Å²) in [4.78, 5) is 33.0. The number of carbonyl (C=O) groups excluding carboxylic acids is 2. The van der Waals surface area contributed by atoms with E-state index in [9.17, 15) is 9.59 Å². The molecule has 7 heteroatoms. The van der Waals surface area contributed by atoms with Gasteiger partial charge in [0.2, 0.25) is 5.91 Å². The Hall–Kier alpha value is -2.86. The van der Waals surface area contributed by atoms with Gasteiger partial charge in [-0.25, -0.2) is 4.98 Å². The van der Waals surface area contributed by atoms with E-state index in [4.69, 9.17) is 11.6 Å². The molecule has 0 spiro atoms. The first kappa shape index (κ1) is 17.5. The van der Waals surface area contributed by atoms with Gasteiger partial charge in [-0.15, -0.1) is 0 Å². The zero-order chi connectivity index (χ0) is 19.0. The van der Waals surface area contributed by atoms with E-state index in [1.807, 2.05) is 41.9 Å². The lowest BCUT2D eigenvalue weighted by molar-refractivity contribution is -0.135. The number of carbonyl (C=O) groups is 2. The number of benzene rings is 2. The summed E-state index contributed by atoms with van der Waals surface area (Å²) in [6.45, 7) is 1.64. The molecule has 4 rings (SSSR count). The Bertz CT molecular complexity index is 1010. The van der Waals surface area contributed by atoms with E-state index in [-0.39, 0.29) is 18.4 Å². The largest absolute Gasteiger partial charge is 0.335 e. The highest BCUT2D eigenvalue weighted by molar-refractivity contribution is 6.30. The number of imidazole rings is 1. The molecule has 0 aliphatic carbocycles. The van der Waals surface area contributed by atoms with E-state index in [1.54, 1.807) is 28.3 Å². The van der Waals surface area contributed by atoms with E-state index in [1.165, 1.54) is 0 Å². The summed E-state index contributed by atoms with van der Waals surface area (Å²) >= 11 is 5.90. The molecule has 0 N–H and O–H groups in total. The van der Waals surface area contributed by atoms with Crippen molar-refractivity contribution in [1.82, 2.24) is 19.4 Å².